The fourth-order valence-corrected chi connectivity index (χ4v) is 4.29. The molecule has 0 unspecified atom stereocenters. The first-order valence-corrected chi connectivity index (χ1v) is 8.64. The molecule has 1 aliphatic carbocycles. The maximum absolute atomic E-state index is 6.18. The molecule has 2 N–H and O–H groups in total. The lowest BCUT2D eigenvalue weighted by molar-refractivity contribution is 0.363. The van der Waals surface area contributed by atoms with Crippen molar-refractivity contribution in [2.75, 3.05) is 12.0 Å². The van der Waals surface area contributed by atoms with Crippen LogP contribution in [0, 0.1) is 6.92 Å². The molecule has 0 spiro atoms. The van der Waals surface area contributed by atoms with E-state index in [1.54, 1.807) is 0 Å². The number of hydrogen-bond acceptors (Lipinski definition) is 3. The van der Waals surface area contributed by atoms with Gasteiger partial charge in [-0.2, -0.15) is 11.8 Å². The molecular weight excluding hydrogens is 266 g/mol. The van der Waals surface area contributed by atoms with Crippen molar-refractivity contribution < 1.29 is 0 Å². The molecule has 3 nitrogen and oxygen atoms in total. The van der Waals surface area contributed by atoms with Gasteiger partial charge in [-0.1, -0.05) is 25.3 Å². The van der Waals surface area contributed by atoms with E-state index in [1.165, 1.54) is 43.2 Å². The molecule has 2 aromatic rings. The van der Waals surface area contributed by atoms with E-state index in [1.807, 2.05) is 11.8 Å². The summed E-state index contributed by atoms with van der Waals surface area (Å²) in [6, 6.07) is 6.42. The van der Waals surface area contributed by atoms with Crippen LogP contribution in [-0.2, 0) is 6.54 Å². The molecule has 1 aromatic heterocycles. The number of nitrogen functional groups attached to an aromatic ring is 1. The molecule has 0 bridgehead atoms. The van der Waals surface area contributed by atoms with Crippen LogP contribution in [0.1, 0.15) is 37.7 Å². The summed E-state index contributed by atoms with van der Waals surface area (Å²) in [5.41, 5.74) is 9.61. The Balaban J connectivity index is 1.99. The third-order valence-electron chi connectivity index (χ3n) is 4.58. The minimum Gasteiger partial charge on any atom is -0.369 e. The van der Waals surface area contributed by atoms with Gasteiger partial charge in [0.25, 0.3) is 0 Å². The number of hydrogen-bond donors (Lipinski definition) is 1. The van der Waals surface area contributed by atoms with Gasteiger partial charge in [-0.3, -0.25) is 0 Å². The lowest BCUT2D eigenvalue weighted by atomic mass is 9.88. The van der Waals surface area contributed by atoms with Gasteiger partial charge in [0.15, 0.2) is 0 Å². The van der Waals surface area contributed by atoms with Crippen molar-refractivity contribution in [2.45, 2.75) is 50.3 Å². The van der Waals surface area contributed by atoms with E-state index in [0.29, 0.717) is 10.7 Å². The van der Waals surface area contributed by atoms with Crippen LogP contribution in [0.2, 0.25) is 0 Å². The number of imidazole rings is 1. The fourth-order valence-electron chi connectivity index (χ4n) is 3.34. The van der Waals surface area contributed by atoms with E-state index in [2.05, 4.69) is 40.9 Å². The Bertz CT molecular complexity index is 611. The number of fused-ring (bicyclic) bond motifs is 1. The maximum Gasteiger partial charge on any atom is 0.201 e. The standard InChI is InChI=1S/C16H23N3S/c1-12-6-7-14-13(10-12)18-15(17)19(14)11-16(20-2)8-4-3-5-9-16/h6-7,10H,3-5,8-9,11H2,1-2H3,(H2,17,18). The van der Waals surface area contributed by atoms with E-state index in [0.717, 1.165) is 12.1 Å². The largest absolute Gasteiger partial charge is 0.369 e. The average Bonchev–Trinajstić information content (AvgIpc) is 2.75. The number of aromatic nitrogens is 2. The first-order valence-electron chi connectivity index (χ1n) is 7.41. The Morgan fingerprint density at radius 3 is 2.75 bits per heavy atom. The van der Waals surface area contributed by atoms with Crippen LogP contribution in [0.5, 0.6) is 0 Å². The van der Waals surface area contributed by atoms with Crippen molar-refractivity contribution in [2.24, 2.45) is 0 Å². The Morgan fingerprint density at radius 2 is 2.05 bits per heavy atom. The summed E-state index contributed by atoms with van der Waals surface area (Å²) in [5, 5.41) is 0. The van der Waals surface area contributed by atoms with Gasteiger partial charge in [-0.05, 0) is 43.7 Å². The summed E-state index contributed by atoms with van der Waals surface area (Å²) in [4.78, 5) is 4.54. The number of thioether (sulfide) groups is 1. The van der Waals surface area contributed by atoms with Crippen molar-refractivity contribution in [1.82, 2.24) is 9.55 Å². The van der Waals surface area contributed by atoms with Crippen molar-refractivity contribution in [3.8, 4) is 0 Å². The van der Waals surface area contributed by atoms with Crippen LogP contribution in [0.4, 0.5) is 5.95 Å². The highest BCUT2D eigenvalue weighted by atomic mass is 32.2. The molecule has 0 aliphatic heterocycles. The number of rotatable bonds is 3. The molecule has 1 aromatic carbocycles. The summed E-state index contributed by atoms with van der Waals surface area (Å²) in [6.07, 6.45) is 8.88. The Hall–Kier alpha value is -1.16. The topological polar surface area (TPSA) is 43.8 Å². The normalized spacial score (nSPS) is 18.5. The maximum atomic E-state index is 6.18. The second-order valence-electron chi connectivity index (χ2n) is 6.00. The van der Waals surface area contributed by atoms with Gasteiger partial charge in [0, 0.05) is 11.3 Å². The second-order valence-corrected chi connectivity index (χ2v) is 7.27. The monoisotopic (exact) mass is 289 g/mol. The number of benzene rings is 1. The molecule has 0 radical (unpaired) electrons. The zero-order valence-electron chi connectivity index (χ0n) is 12.4. The van der Waals surface area contributed by atoms with Crippen LogP contribution in [0.15, 0.2) is 18.2 Å². The Kier molecular flexibility index (Phi) is 3.67. The third kappa shape index (κ3) is 2.41. The van der Waals surface area contributed by atoms with Crippen LogP contribution >= 0.6 is 11.8 Å². The summed E-state index contributed by atoms with van der Waals surface area (Å²) in [7, 11) is 0. The summed E-state index contributed by atoms with van der Waals surface area (Å²) < 4.78 is 2.56. The smallest absolute Gasteiger partial charge is 0.201 e. The number of aryl methyl sites for hydroxylation is 1. The van der Waals surface area contributed by atoms with Crippen LogP contribution in [0.25, 0.3) is 11.0 Å². The van der Waals surface area contributed by atoms with Crippen molar-refractivity contribution in [1.29, 1.82) is 0 Å². The first-order chi connectivity index (χ1) is 9.63. The predicted octanol–water partition coefficient (Wildman–Crippen LogP) is 3.99. The van der Waals surface area contributed by atoms with Gasteiger partial charge >= 0.3 is 0 Å². The summed E-state index contributed by atoms with van der Waals surface area (Å²) in [6.45, 7) is 3.08. The molecule has 20 heavy (non-hydrogen) atoms. The van der Waals surface area contributed by atoms with E-state index in [-0.39, 0.29) is 0 Å². The fraction of sp³-hybridized carbons (Fsp3) is 0.562. The van der Waals surface area contributed by atoms with Gasteiger partial charge in [0.2, 0.25) is 5.95 Å². The summed E-state index contributed by atoms with van der Waals surface area (Å²) in [5.74, 6) is 0.657. The highest BCUT2D eigenvalue weighted by molar-refractivity contribution is 8.00. The second kappa shape index (κ2) is 5.32. The minimum absolute atomic E-state index is 0.338. The van der Waals surface area contributed by atoms with Gasteiger partial charge in [0.05, 0.1) is 11.0 Å². The van der Waals surface area contributed by atoms with Crippen molar-refractivity contribution >= 4 is 28.7 Å². The predicted molar refractivity (Wildman–Crippen MR) is 88.2 cm³/mol. The molecule has 0 amide bonds. The number of anilines is 1. The molecule has 0 atom stereocenters. The average molecular weight is 289 g/mol. The van der Waals surface area contributed by atoms with Crippen LogP contribution < -0.4 is 5.73 Å². The van der Waals surface area contributed by atoms with E-state index in [9.17, 15) is 0 Å². The molecule has 108 valence electrons. The molecule has 4 heteroatoms. The zero-order valence-corrected chi connectivity index (χ0v) is 13.2. The van der Waals surface area contributed by atoms with E-state index in [4.69, 9.17) is 5.73 Å². The highest BCUT2D eigenvalue weighted by Gasteiger charge is 2.32. The highest BCUT2D eigenvalue weighted by Crippen LogP contribution is 2.41. The molecule has 0 saturated heterocycles. The molecule has 1 aliphatic rings. The van der Waals surface area contributed by atoms with Crippen molar-refractivity contribution in [3.05, 3.63) is 23.8 Å². The first kappa shape index (κ1) is 13.8. The number of nitrogens with two attached hydrogens (primary N) is 1. The lowest BCUT2D eigenvalue weighted by Crippen LogP contribution is -2.33. The minimum atomic E-state index is 0.338. The van der Waals surface area contributed by atoms with Gasteiger partial charge in [0.1, 0.15) is 0 Å². The van der Waals surface area contributed by atoms with Crippen LogP contribution in [-0.4, -0.2) is 20.6 Å². The quantitative estimate of drug-likeness (QED) is 0.929. The number of nitrogens with zero attached hydrogens (tertiary/aromatic N) is 2. The SMILES string of the molecule is CSC1(Cn2c(N)nc3cc(C)ccc32)CCCCC1. The Labute approximate surface area is 124 Å². The molecule has 1 fully saturated rings. The molecule has 1 saturated carbocycles. The molecule has 1 heterocycles. The lowest BCUT2D eigenvalue weighted by Gasteiger charge is -2.36. The van der Waals surface area contributed by atoms with E-state index >= 15 is 0 Å². The van der Waals surface area contributed by atoms with Gasteiger partial charge in [-0.15, -0.1) is 0 Å². The molecule has 3 rings (SSSR count). The zero-order chi connectivity index (χ0) is 14.2. The summed E-state index contributed by atoms with van der Waals surface area (Å²) >= 11 is 2.01. The van der Waals surface area contributed by atoms with Gasteiger partial charge in [-0.25, -0.2) is 4.98 Å². The Morgan fingerprint density at radius 1 is 1.30 bits per heavy atom. The molecular formula is C16H23N3S. The van der Waals surface area contributed by atoms with Crippen LogP contribution in [0.3, 0.4) is 0 Å². The van der Waals surface area contributed by atoms with E-state index < -0.39 is 0 Å². The van der Waals surface area contributed by atoms with Gasteiger partial charge < -0.3 is 10.3 Å². The third-order valence-corrected chi connectivity index (χ3v) is 5.98. The van der Waals surface area contributed by atoms with Crippen molar-refractivity contribution in [3.63, 3.8) is 0 Å².